The van der Waals surface area contributed by atoms with Crippen LogP contribution in [0.3, 0.4) is 0 Å². The molecular formula is C19H24FN5O2. The van der Waals surface area contributed by atoms with Crippen molar-refractivity contribution in [2.45, 2.75) is 18.9 Å². The van der Waals surface area contributed by atoms with E-state index in [1.807, 2.05) is 0 Å². The number of nitrogens with two attached hydrogens (primary N) is 1. The summed E-state index contributed by atoms with van der Waals surface area (Å²) in [4.78, 5) is 20.5. The summed E-state index contributed by atoms with van der Waals surface area (Å²) in [5.74, 6) is 0.220. The molecule has 2 heterocycles. The zero-order valence-electron chi connectivity index (χ0n) is 15.5. The number of nitrogens with one attached hydrogen (secondary N) is 1. The molecule has 0 radical (unpaired) electrons. The van der Waals surface area contributed by atoms with Gasteiger partial charge in [-0.15, -0.1) is 0 Å². The minimum Gasteiger partial charge on any atom is -0.454 e. The molecule has 3 N–H and O–H groups in total. The number of benzene rings is 1. The second kappa shape index (κ2) is 8.22. The molecule has 2 aromatic rings. The third kappa shape index (κ3) is 4.85. The van der Waals surface area contributed by atoms with Gasteiger partial charge in [0.1, 0.15) is 11.6 Å². The smallest absolute Gasteiger partial charge is 0.323 e. The number of urea groups is 1. The molecule has 1 fully saturated rings. The molecule has 0 aliphatic carbocycles. The average Bonchev–Trinajstić information content (AvgIpc) is 2.64. The summed E-state index contributed by atoms with van der Waals surface area (Å²) in [6.45, 7) is 1.39. The number of hydrogen-bond acceptors (Lipinski definition) is 5. The number of halogens is 1. The van der Waals surface area contributed by atoms with Crippen molar-refractivity contribution in [2.75, 3.05) is 38.2 Å². The Morgan fingerprint density at radius 2 is 2.04 bits per heavy atom. The van der Waals surface area contributed by atoms with Crippen molar-refractivity contribution in [1.82, 2.24) is 14.8 Å². The normalized spacial score (nSPS) is 15.0. The second-order valence-corrected chi connectivity index (χ2v) is 6.78. The molecule has 1 aliphatic heterocycles. The van der Waals surface area contributed by atoms with Crippen molar-refractivity contribution in [1.29, 1.82) is 0 Å². The fourth-order valence-electron chi connectivity index (χ4n) is 3.04. The van der Waals surface area contributed by atoms with Crippen LogP contribution in [0.2, 0.25) is 0 Å². The number of nitrogens with zero attached hydrogens (tertiary/aromatic N) is 3. The van der Waals surface area contributed by atoms with Gasteiger partial charge in [-0.05, 0) is 45.1 Å². The van der Waals surface area contributed by atoms with Crippen LogP contribution < -0.4 is 15.8 Å². The summed E-state index contributed by atoms with van der Waals surface area (Å²) in [6.07, 6.45) is 3.37. The van der Waals surface area contributed by atoms with E-state index in [0.717, 1.165) is 12.8 Å². The number of amides is 2. The lowest BCUT2D eigenvalue weighted by Crippen LogP contribution is -2.46. The van der Waals surface area contributed by atoms with E-state index in [9.17, 15) is 9.18 Å². The number of rotatable bonds is 4. The van der Waals surface area contributed by atoms with Gasteiger partial charge in [0.25, 0.3) is 0 Å². The van der Waals surface area contributed by atoms with Gasteiger partial charge in [0, 0.05) is 43.1 Å². The highest BCUT2D eigenvalue weighted by Gasteiger charge is 2.24. The van der Waals surface area contributed by atoms with Crippen LogP contribution in [-0.4, -0.2) is 54.0 Å². The number of likely N-dealkylation sites (tertiary alicyclic amines) is 1. The molecule has 1 aromatic heterocycles. The van der Waals surface area contributed by atoms with Crippen molar-refractivity contribution in [3.63, 3.8) is 0 Å². The molecule has 7 nitrogen and oxygen atoms in total. The molecule has 8 heteroatoms. The van der Waals surface area contributed by atoms with E-state index in [-0.39, 0.29) is 11.8 Å². The summed E-state index contributed by atoms with van der Waals surface area (Å²) >= 11 is 0. The van der Waals surface area contributed by atoms with Gasteiger partial charge in [0.2, 0.25) is 0 Å². The molecule has 144 valence electrons. The van der Waals surface area contributed by atoms with Crippen LogP contribution in [0.25, 0.3) is 0 Å². The fraction of sp³-hybridized carbons (Fsp3) is 0.368. The fourth-order valence-corrected chi connectivity index (χ4v) is 3.04. The quantitative estimate of drug-likeness (QED) is 0.805. The van der Waals surface area contributed by atoms with Gasteiger partial charge >= 0.3 is 6.03 Å². The predicted octanol–water partition coefficient (Wildman–Crippen LogP) is 3.15. The first-order valence-electron chi connectivity index (χ1n) is 8.83. The average molecular weight is 373 g/mol. The SMILES string of the molecule is CN(C)C1CCN(C(=O)Nc2cc(Oc3ccc(N)cc3F)ccn2)CC1. The van der Waals surface area contributed by atoms with Crippen molar-refractivity contribution in [3.05, 3.63) is 42.3 Å². The van der Waals surface area contributed by atoms with Gasteiger partial charge in [-0.2, -0.15) is 0 Å². The number of ether oxygens (including phenoxy) is 1. The minimum atomic E-state index is -0.554. The highest BCUT2D eigenvalue weighted by Crippen LogP contribution is 2.27. The maximum absolute atomic E-state index is 13.9. The minimum absolute atomic E-state index is 0.0541. The molecular weight excluding hydrogens is 349 g/mol. The van der Waals surface area contributed by atoms with Crippen LogP contribution >= 0.6 is 0 Å². The Labute approximate surface area is 157 Å². The lowest BCUT2D eigenvalue weighted by Gasteiger charge is -2.35. The van der Waals surface area contributed by atoms with Crippen LogP contribution in [0, 0.1) is 5.82 Å². The maximum Gasteiger partial charge on any atom is 0.323 e. The Balaban J connectivity index is 1.61. The Kier molecular flexibility index (Phi) is 5.75. The van der Waals surface area contributed by atoms with Crippen LogP contribution in [0.15, 0.2) is 36.5 Å². The van der Waals surface area contributed by atoms with Crippen LogP contribution in [0.5, 0.6) is 11.5 Å². The number of hydrogen-bond donors (Lipinski definition) is 2. The van der Waals surface area contributed by atoms with Crippen LogP contribution in [0.1, 0.15) is 12.8 Å². The monoisotopic (exact) mass is 373 g/mol. The highest BCUT2D eigenvalue weighted by atomic mass is 19.1. The standard InChI is InChI=1S/C19H24FN5O2/c1-24(2)14-6-9-25(10-7-14)19(26)23-18-12-15(5-8-22-18)27-17-4-3-13(21)11-16(17)20/h3-5,8,11-12,14H,6-7,9-10,21H2,1-2H3,(H,22,23,26). The summed E-state index contributed by atoms with van der Waals surface area (Å²) in [5.41, 5.74) is 5.86. The van der Waals surface area contributed by atoms with Gasteiger partial charge in [-0.1, -0.05) is 0 Å². The number of carbonyl (C=O) groups excluding carboxylic acids is 1. The third-order valence-electron chi connectivity index (χ3n) is 4.63. The molecule has 0 bridgehead atoms. The van der Waals surface area contributed by atoms with E-state index in [0.29, 0.717) is 36.4 Å². The second-order valence-electron chi connectivity index (χ2n) is 6.78. The van der Waals surface area contributed by atoms with Crippen molar-refractivity contribution in [2.24, 2.45) is 0 Å². The topological polar surface area (TPSA) is 83.7 Å². The number of nitrogen functional groups attached to an aromatic ring is 1. The Hall–Kier alpha value is -2.87. The largest absolute Gasteiger partial charge is 0.454 e. The van der Waals surface area contributed by atoms with Gasteiger partial charge < -0.3 is 20.3 Å². The molecule has 27 heavy (non-hydrogen) atoms. The van der Waals surface area contributed by atoms with E-state index in [4.69, 9.17) is 10.5 Å². The first-order chi connectivity index (χ1) is 12.9. The molecule has 1 saturated heterocycles. The summed E-state index contributed by atoms with van der Waals surface area (Å²) in [7, 11) is 4.11. The highest BCUT2D eigenvalue weighted by molar-refractivity contribution is 5.88. The first kappa shape index (κ1) is 18.9. The molecule has 0 unspecified atom stereocenters. The zero-order valence-corrected chi connectivity index (χ0v) is 15.5. The molecule has 1 aliphatic rings. The van der Waals surface area contributed by atoms with E-state index < -0.39 is 5.82 Å². The van der Waals surface area contributed by atoms with Crippen molar-refractivity contribution < 1.29 is 13.9 Å². The Morgan fingerprint density at radius 3 is 2.70 bits per heavy atom. The molecule has 0 spiro atoms. The number of carbonyl (C=O) groups is 1. The van der Waals surface area contributed by atoms with E-state index >= 15 is 0 Å². The Bertz CT molecular complexity index is 806. The van der Waals surface area contributed by atoms with E-state index in [1.54, 1.807) is 23.1 Å². The number of pyridine rings is 1. The zero-order chi connectivity index (χ0) is 19.4. The third-order valence-corrected chi connectivity index (χ3v) is 4.63. The summed E-state index contributed by atoms with van der Waals surface area (Å²) in [5, 5.41) is 2.77. The van der Waals surface area contributed by atoms with Crippen LogP contribution in [-0.2, 0) is 0 Å². The van der Waals surface area contributed by atoms with Crippen molar-refractivity contribution >= 4 is 17.5 Å². The molecule has 3 rings (SSSR count). The number of aromatic nitrogens is 1. The molecule has 0 atom stereocenters. The molecule has 0 saturated carbocycles. The number of anilines is 2. The van der Waals surface area contributed by atoms with Gasteiger partial charge in [-0.25, -0.2) is 14.2 Å². The summed E-state index contributed by atoms with van der Waals surface area (Å²) in [6, 6.07) is 7.65. The molecule has 1 aromatic carbocycles. The summed E-state index contributed by atoms with van der Waals surface area (Å²) < 4.78 is 19.4. The van der Waals surface area contributed by atoms with Gasteiger partial charge in [0.15, 0.2) is 11.6 Å². The predicted molar refractivity (Wildman–Crippen MR) is 102 cm³/mol. The number of piperidine rings is 1. The van der Waals surface area contributed by atoms with E-state index in [2.05, 4.69) is 29.3 Å². The van der Waals surface area contributed by atoms with Crippen molar-refractivity contribution in [3.8, 4) is 11.5 Å². The van der Waals surface area contributed by atoms with Gasteiger partial charge in [0.05, 0.1) is 0 Å². The molecule has 2 amide bonds. The van der Waals surface area contributed by atoms with Crippen LogP contribution in [0.4, 0.5) is 20.7 Å². The van der Waals surface area contributed by atoms with E-state index in [1.165, 1.54) is 18.3 Å². The Morgan fingerprint density at radius 1 is 1.30 bits per heavy atom. The van der Waals surface area contributed by atoms with Gasteiger partial charge in [-0.3, -0.25) is 5.32 Å². The lowest BCUT2D eigenvalue weighted by molar-refractivity contribution is 0.156. The maximum atomic E-state index is 13.9. The first-order valence-corrected chi connectivity index (χ1v) is 8.83. The lowest BCUT2D eigenvalue weighted by atomic mass is 10.0.